The summed E-state index contributed by atoms with van der Waals surface area (Å²) in [5.74, 6) is 0.0729. The molecule has 0 aliphatic heterocycles. The van der Waals surface area contributed by atoms with E-state index < -0.39 is 11.7 Å². The Morgan fingerprint density at radius 2 is 1.85 bits per heavy atom. The number of pyridine rings is 1. The molecule has 0 saturated carbocycles. The van der Waals surface area contributed by atoms with E-state index in [1.54, 1.807) is 4.90 Å². The Hall–Kier alpha value is -2.24. The van der Waals surface area contributed by atoms with Crippen LogP contribution in [0.15, 0.2) is 42.6 Å². The zero-order chi connectivity index (χ0) is 14.8. The lowest BCUT2D eigenvalue weighted by molar-refractivity contribution is -0.137. The molecule has 2 aromatic rings. The zero-order valence-corrected chi connectivity index (χ0v) is 10.9. The van der Waals surface area contributed by atoms with Gasteiger partial charge in [-0.25, -0.2) is 4.98 Å². The van der Waals surface area contributed by atoms with Crippen molar-refractivity contribution >= 4 is 17.2 Å². The van der Waals surface area contributed by atoms with Gasteiger partial charge in [-0.3, -0.25) is 0 Å². The van der Waals surface area contributed by atoms with Gasteiger partial charge in [-0.1, -0.05) is 18.2 Å². The molecule has 0 fully saturated rings. The van der Waals surface area contributed by atoms with Crippen LogP contribution in [0.4, 0.5) is 30.4 Å². The van der Waals surface area contributed by atoms with Crippen molar-refractivity contribution in [3.8, 4) is 0 Å². The molecule has 1 aromatic carbocycles. The van der Waals surface area contributed by atoms with Crippen molar-refractivity contribution in [2.75, 3.05) is 17.2 Å². The maximum absolute atomic E-state index is 12.8. The molecule has 0 saturated heterocycles. The molecule has 0 spiro atoms. The summed E-state index contributed by atoms with van der Waals surface area (Å²) in [5, 5.41) is 0. The summed E-state index contributed by atoms with van der Waals surface area (Å²) in [5.41, 5.74) is 5.94. The highest BCUT2D eigenvalue weighted by Crippen LogP contribution is 2.35. The molecule has 20 heavy (non-hydrogen) atoms. The molecule has 0 unspecified atom stereocenters. The van der Waals surface area contributed by atoms with Crippen LogP contribution < -0.4 is 10.6 Å². The predicted molar refractivity (Wildman–Crippen MR) is 72.8 cm³/mol. The van der Waals surface area contributed by atoms with Crippen LogP contribution in [0, 0.1) is 0 Å². The van der Waals surface area contributed by atoms with Crippen molar-refractivity contribution in [1.29, 1.82) is 0 Å². The number of anilines is 3. The van der Waals surface area contributed by atoms with E-state index >= 15 is 0 Å². The molecule has 6 heteroatoms. The third-order valence-corrected chi connectivity index (χ3v) is 2.90. The number of aromatic nitrogens is 1. The highest BCUT2D eigenvalue weighted by molar-refractivity contribution is 5.72. The maximum atomic E-state index is 12.8. The van der Waals surface area contributed by atoms with Crippen LogP contribution in [-0.2, 0) is 6.18 Å². The van der Waals surface area contributed by atoms with E-state index in [0.29, 0.717) is 6.54 Å². The molecule has 0 radical (unpaired) electrons. The van der Waals surface area contributed by atoms with Crippen molar-refractivity contribution in [2.45, 2.75) is 13.1 Å². The van der Waals surface area contributed by atoms with E-state index in [1.165, 1.54) is 0 Å². The Balaban J connectivity index is 2.50. The summed E-state index contributed by atoms with van der Waals surface area (Å²) in [6.07, 6.45) is -3.69. The number of hydrogen-bond acceptors (Lipinski definition) is 3. The van der Waals surface area contributed by atoms with Crippen LogP contribution in [0.2, 0.25) is 0 Å². The number of nitrogen functional groups attached to an aromatic ring is 1. The SMILES string of the molecule is CCN(c1ccccc1)c1cc(C(F)(F)F)cnc1N. The topological polar surface area (TPSA) is 42.2 Å². The first-order valence-electron chi connectivity index (χ1n) is 6.08. The van der Waals surface area contributed by atoms with Gasteiger partial charge >= 0.3 is 6.18 Å². The van der Waals surface area contributed by atoms with E-state index in [-0.39, 0.29) is 11.5 Å². The van der Waals surface area contributed by atoms with Crippen LogP contribution in [0.25, 0.3) is 0 Å². The van der Waals surface area contributed by atoms with E-state index in [9.17, 15) is 13.2 Å². The number of alkyl halides is 3. The van der Waals surface area contributed by atoms with Crippen molar-refractivity contribution in [3.05, 3.63) is 48.2 Å². The van der Waals surface area contributed by atoms with Gasteiger partial charge in [0.15, 0.2) is 0 Å². The molecule has 1 aromatic heterocycles. The van der Waals surface area contributed by atoms with Gasteiger partial charge < -0.3 is 10.6 Å². The molecule has 0 bridgehead atoms. The molecule has 0 amide bonds. The number of nitrogens with two attached hydrogens (primary N) is 1. The Labute approximate surface area is 114 Å². The quantitative estimate of drug-likeness (QED) is 0.929. The summed E-state index contributed by atoms with van der Waals surface area (Å²) in [7, 11) is 0. The lowest BCUT2D eigenvalue weighted by atomic mass is 10.2. The van der Waals surface area contributed by atoms with Crippen LogP contribution in [-0.4, -0.2) is 11.5 Å². The molecule has 106 valence electrons. The Kier molecular flexibility index (Phi) is 3.83. The summed E-state index contributed by atoms with van der Waals surface area (Å²) in [6.45, 7) is 2.32. The molecule has 2 rings (SSSR count). The third-order valence-electron chi connectivity index (χ3n) is 2.90. The Bertz CT molecular complexity index is 582. The molecule has 0 atom stereocenters. The summed E-state index contributed by atoms with van der Waals surface area (Å²) >= 11 is 0. The smallest absolute Gasteiger partial charge is 0.382 e. The lowest BCUT2D eigenvalue weighted by Crippen LogP contribution is -2.19. The molecule has 0 aliphatic carbocycles. The van der Waals surface area contributed by atoms with E-state index in [4.69, 9.17) is 5.73 Å². The predicted octanol–water partition coefficient (Wildman–Crippen LogP) is 3.84. The number of nitrogens with zero attached hydrogens (tertiary/aromatic N) is 2. The fraction of sp³-hybridized carbons (Fsp3) is 0.214. The van der Waals surface area contributed by atoms with Gasteiger partial charge in [0.25, 0.3) is 0 Å². The van der Waals surface area contributed by atoms with Crippen LogP contribution in [0.3, 0.4) is 0 Å². The van der Waals surface area contributed by atoms with Gasteiger partial charge in [0.2, 0.25) is 0 Å². The second kappa shape index (κ2) is 5.40. The summed E-state index contributed by atoms with van der Waals surface area (Å²) in [6, 6.07) is 10.1. The van der Waals surface area contributed by atoms with Gasteiger partial charge in [0, 0.05) is 18.4 Å². The highest BCUT2D eigenvalue weighted by Gasteiger charge is 2.32. The van der Waals surface area contributed by atoms with Gasteiger partial charge in [0.1, 0.15) is 5.82 Å². The zero-order valence-electron chi connectivity index (χ0n) is 10.9. The minimum atomic E-state index is -4.44. The first-order chi connectivity index (χ1) is 9.43. The normalized spacial score (nSPS) is 11.4. The van der Waals surface area contributed by atoms with Crippen LogP contribution in [0.1, 0.15) is 12.5 Å². The third kappa shape index (κ3) is 2.84. The van der Waals surface area contributed by atoms with Gasteiger partial charge in [-0.2, -0.15) is 13.2 Å². The van der Waals surface area contributed by atoms with Gasteiger partial charge in [-0.05, 0) is 25.1 Å². The minimum absolute atomic E-state index is 0.0729. The first-order valence-corrected chi connectivity index (χ1v) is 6.08. The molecule has 0 aliphatic rings. The van der Waals surface area contributed by atoms with Crippen molar-refractivity contribution < 1.29 is 13.2 Å². The second-order valence-corrected chi connectivity index (χ2v) is 4.21. The largest absolute Gasteiger partial charge is 0.417 e. The van der Waals surface area contributed by atoms with E-state index in [2.05, 4.69) is 4.98 Å². The average Bonchev–Trinajstić information content (AvgIpc) is 2.41. The minimum Gasteiger partial charge on any atom is -0.382 e. The molecular formula is C14H14F3N3. The van der Waals surface area contributed by atoms with Gasteiger partial charge in [0.05, 0.1) is 11.3 Å². The Morgan fingerprint density at radius 3 is 2.40 bits per heavy atom. The molecule has 3 nitrogen and oxygen atoms in total. The Morgan fingerprint density at radius 1 is 1.20 bits per heavy atom. The molecular weight excluding hydrogens is 267 g/mol. The number of hydrogen-bond donors (Lipinski definition) is 1. The number of benzene rings is 1. The maximum Gasteiger partial charge on any atom is 0.417 e. The second-order valence-electron chi connectivity index (χ2n) is 4.21. The summed E-state index contributed by atoms with van der Waals surface area (Å²) < 4.78 is 38.3. The summed E-state index contributed by atoms with van der Waals surface area (Å²) in [4.78, 5) is 5.35. The fourth-order valence-electron chi connectivity index (χ4n) is 1.93. The van der Waals surface area contributed by atoms with Crippen molar-refractivity contribution in [1.82, 2.24) is 4.98 Å². The number of halogens is 3. The van der Waals surface area contributed by atoms with Crippen LogP contribution in [0.5, 0.6) is 0 Å². The van der Waals surface area contributed by atoms with Crippen molar-refractivity contribution in [2.24, 2.45) is 0 Å². The fourth-order valence-corrected chi connectivity index (χ4v) is 1.93. The highest BCUT2D eigenvalue weighted by atomic mass is 19.4. The first kappa shape index (κ1) is 14.2. The number of para-hydroxylation sites is 1. The van der Waals surface area contributed by atoms with E-state index in [0.717, 1.165) is 18.0 Å². The molecule has 2 N–H and O–H groups in total. The lowest BCUT2D eigenvalue weighted by Gasteiger charge is -2.25. The monoisotopic (exact) mass is 281 g/mol. The van der Waals surface area contributed by atoms with Crippen molar-refractivity contribution in [3.63, 3.8) is 0 Å². The molecule has 1 heterocycles. The van der Waals surface area contributed by atoms with Gasteiger partial charge in [-0.15, -0.1) is 0 Å². The average molecular weight is 281 g/mol. The standard InChI is InChI=1S/C14H14F3N3/c1-2-20(11-6-4-3-5-7-11)12-8-10(14(15,16)17)9-19-13(12)18/h3-9H,2H2,1H3,(H2,18,19). The van der Waals surface area contributed by atoms with E-state index in [1.807, 2.05) is 37.3 Å². The number of rotatable bonds is 3. The van der Waals surface area contributed by atoms with Crippen LogP contribution >= 0.6 is 0 Å².